The monoisotopic (exact) mass is 178 g/mol. The van der Waals surface area contributed by atoms with Gasteiger partial charge in [-0.2, -0.15) is 10.2 Å². The maximum absolute atomic E-state index is 3.99. The summed E-state index contributed by atoms with van der Waals surface area (Å²) in [5.41, 5.74) is 4.78. The third-order valence-electron chi connectivity index (χ3n) is 1.87. The molecule has 0 aliphatic heterocycles. The van der Waals surface area contributed by atoms with E-state index in [1.807, 2.05) is 27.0 Å². The van der Waals surface area contributed by atoms with Gasteiger partial charge in [-0.1, -0.05) is 20.4 Å². The van der Waals surface area contributed by atoms with Crippen molar-refractivity contribution in [2.75, 3.05) is 0 Å². The maximum Gasteiger partial charge on any atom is 0.0373 e. The number of rotatable bonds is 3. The topological polar surface area (TPSA) is 24.7 Å². The normalized spacial score (nSPS) is 11.2. The molecular weight excluding hydrogens is 160 g/mol. The van der Waals surface area contributed by atoms with Gasteiger partial charge in [-0.25, -0.2) is 0 Å². The number of nitrogens with zero attached hydrogens (tertiary/aromatic N) is 2. The summed E-state index contributed by atoms with van der Waals surface area (Å²) < 4.78 is 0. The molecule has 0 fully saturated rings. The second-order valence-corrected chi connectivity index (χ2v) is 3.82. The van der Waals surface area contributed by atoms with Gasteiger partial charge in [-0.3, -0.25) is 0 Å². The van der Waals surface area contributed by atoms with E-state index in [1.54, 1.807) is 0 Å². The first-order chi connectivity index (χ1) is 5.90. The summed E-state index contributed by atoms with van der Waals surface area (Å²) in [6.07, 6.45) is 1.81. The van der Waals surface area contributed by atoms with Gasteiger partial charge in [0.25, 0.3) is 0 Å². The minimum Gasteiger partial charge on any atom is -0.163 e. The molecule has 0 bridgehead atoms. The highest BCUT2D eigenvalue weighted by Gasteiger charge is 2.16. The molecule has 0 aliphatic rings. The Morgan fingerprint density at radius 1 is 1.31 bits per heavy atom. The van der Waals surface area contributed by atoms with E-state index in [-0.39, 0.29) is 5.41 Å². The van der Waals surface area contributed by atoms with Gasteiger partial charge in [0.1, 0.15) is 0 Å². The largest absolute Gasteiger partial charge is 0.163 e. The average Bonchev–Trinajstić information content (AvgIpc) is 2.01. The van der Waals surface area contributed by atoms with Crippen molar-refractivity contribution >= 4 is 11.9 Å². The molecule has 0 N–H and O–H groups in total. The zero-order chi connectivity index (χ0) is 10.5. The Labute approximate surface area is 80.8 Å². The molecule has 0 aromatic heterocycles. The van der Waals surface area contributed by atoms with Crippen LogP contribution in [0.5, 0.6) is 0 Å². The molecule has 2 nitrogen and oxygen atoms in total. The fraction of sp³-hybridized carbons (Fsp3) is 0.545. The van der Waals surface area contributed by atoms with Crippen LogP contribution >= 0.6 is 0 Å². The predicted octanol–water partition coefficient (Wildman–Crippen LogP) is 3.21. The quantitative estimate of drug-likeness (QED) is 0.360. The van der Waals surface area contributed by atoms with Gasteiger partial charge in [0.15, 0.2) is 0 Å². The van der Waals surface area contributed by atoms with Gasteiger partial charge in [0, 0.05) is 17.3 Å². The highest BCUT2D eigenvalue weighted by Crippen LogP contribution is 2.21. The fourth-order valence-corrected chi connectivity index (χ4v) is 0.613. The van der Waals surface area contributed by atoms with Gasteiger partial charge in [-0.15, -0.1) is 5.73 Å². The Kier molecular flexibility index (Phi) is 4.36. The summed E-state index contributed by atoms with van der Waals surface area (Å²) in [5.74, 6) is 0. The van der Waals surface area contributed by atoms with Crippen LogP contribution in [0.1, 0.15) is 34.6 Å². The number of hydrogen-bond acceptors (Lipinski definition) is 2. The van der Waals surface area contributed by atoms with E-state index in [0.717, 1.165) is 11.3 Å². The van der Waals surface area contributed by atoms with Crippen LogP contribution < -0.4 is 0 Å². The van der Waals surface area contributed by atoms with Crippen LogP contribution in [-0.4, -0.2) is 11.9 Å². The van der Waals surface area contributed by atoms with E-state index < -0.39 is 0 Å². The van der Waals surface area contributed by atoms with Crippen LogP contribution in [0.4, 0.5) is 0 Å². The highest BCUT2D eigenvalue weighted by molar-refractivity contribution is 5.80. The molecule has 72 valence electrons. The molecule has 2 heteroatoms. The molecule has 0 rings (SSSR count). The first-order valence-corrected chi connectivity index (χ1v) is 4.32. The van der Waals surface area contributed by atoms with Crippen molar-refractivity contribution in [2.24, 2.45) is 15.6 Å². The van der Waals surface area contributed by atoms with Crippen molar-refractivity contribution in [1.82, 2.24) is 0 Å². The lowest BCUT2D eigenvalue weighted by Crippen LogP contribution is -2.13. The highest BCUT2D eigenvalue weighted by atomic mass is 15.2. The average molecular weight is 178 g/mol. The van der Waals surface area contributed by atoms with Crippen molar-refractivity contribution in [3.05, 3.63) is 17.9 Å². The van der Waals surface area contributed by atoms with Gasteiger partial charge >= 0.3 is 0 Å². The van der Waals surface area contributed by atoms with Crippen LogP contribution in [0.2, 0.25) is 0 Å². The second kappa shape index (κ2) is 4.78. The summed E-state index contributed by atoms with van der Waals surface area (Å²) in [6, 6.07) is 0. The minimum absolute atomic E-state index is 0.110. The summed E-state index contributed by atoms with van der Waals surface area (Å²) in [7, 11) is 0. The van der Waals surface area contributed by atoms with E-state index in [1.165, 1.54) is 0 Å². The Bertz CT molecular complexity index is 272. The molecule has 0 atom stereocenters. The summed E-state index contributed by atoms with van der Waals surface area (Å²) in [5, 5.41) is 7.94. The zero-order valence-electron chi connectivity index (χ0n) is 9.18. The first kappa shape index (κ1) is 11.9. The summed E-state index contributed by atoms with van der Waals surface area (Å²) in [4.78, 5) is 0. The molecule has 0 aliphatic carbocycles. The van der Waals surface area contributed by atoms with Crippen LogP contribution in [0.25, 0.3) is 0 Å². The van der Waals surface area contributed by atoms with E-state index in [2.05, 4.69) is 36.4 Å². The molecule has 0 aromatic rings. The van der Waals surface area contributed by atoms with E-state index in [4.69, 9.17) is 0 Å². The van der Waals surface area contributed by atoms with Crippen molar-refractivity contribution < 1.29 is 0 Å². The van der Waals surface area contributed by atoms with Crippen LogP contribution in [-0.2, 0) is 0 Å². The Hall–Kier alpha value is -1.14. The zero-order valence-corrected chi connectivity index (χ0v) is 9.18. The molecule has 0 radical (unpaired) electrons. The Morgan fingerprint density at radius 3 is 2.23 bits per heavy atom. The maximum atomic E-state index is 3.99. The van der Waals surface area contributed by atoms with Crippen LogP contribution in [0.15, 0.2) is 28.1 Å². The Balaban J connectivity index is 4.61. The number of hydrogen-bond donors (Lipinski definition) is 0. The van der Waals surface area contributed by atoms with E-state index in [0.29, 0.717) is 0 Å². The standard InChI is InChI=1S/C11H18N2/c1-7-10(4)11(5,6)8-12-13-9(2)3/h8H,1H2,2-6H3/b12-8+. The third kappa shape index (κ3) is 4.44. The summed E-state index contributed by atoms with van der Waals surface area (Å²) in [6.45, 7) is 13.6. The molecule has 0 saturated carbocycles. The van der Waals surface area contributed by atoms with Gasteiger partial charge in [0.05, 0.1) is 0 Å². The molecular formula is C11H18N2. The van der Waals surface area contributed by atoms with Gasteiger partial charge < -0.3 is 0 Å². The van der Waals surface area contributed by atoms with Crippen molar-refractivity contribution in [3.8, 4) is 0 Å². The Morgan fingerprint density at radius 2 is 1.85 bits per heavy atom. The first-order valence-electron chi connectivity index (χ1n) is 4.32. The van der Waals surface area contributed by atoms with Crippen molar-refractivity contribution in [3.63, 3.8) is 0 Å². The number of allylic oxidation sites excluding steroid dienone is 1. The molecule has 0 unspecified atom stereocenters. The van der Waals surface area contributed by atoms with Gasteiger partial charge in [0.2, 0.25) is 0 Å². The molecule has 0 heterocycles. The fourth-order valence-electron chi connectivity index (χ4n) is 0.613. The van der Waals surface area contributed by atoms with Crippen LogP contribution in [0.3, 0.4) is 0 Å². The lowest BCUT2D eigenvalue weighted by Gasteiger charge is -2.17. The smallest absolute Gasteiger partial charge is 0.0373 e. The van der Waals surface area contributed by atoms with E-state index in [9.17, 15) is 0 Å². The van der Waals surface area contributed by atoms with E-state index >= 15 is 0 Å². The third-order valence-corrected chi connectivity index (χ3v) is 1.87. The van der Waals surface area contributed by atoms with Crippen molar-refractivity contribution in [2.45, 2.75) is 34.6 Å². The summed E-state index contributed by atoms with van der Waals surface area (Å²) >= 11 is 0. The predicted molar refractivity (Wildman–Crippen MR) is 59.4 cm³/mol. The SMILES string of the molecule is C=C=C(C)C(C)(C)/C=N/N=C(C)C. The molecule has 0 spiro atoms. The van der Waals surface area contributed by atoms with Crippen LogP contribution in [0, 0.1) is 5.41 Å². The van der Waals surface area contributed by atoms with Gasteiger partial charge in [-0.05, 0) is 26.3 Å². The second-order valence-electron chi connectivity index (χ2n) is 3.82. The molecule has 0 saturated heterocycles. The minimum atomic E-state index is -0.110. The molecule has 0 amide bonds. The van der Waals surface area contributed by atoms with Crippen molar-refractivity contribution in [1.29, 1.82) is 0 Å². The lowest BCUT2D eigenvalue weighted by atomic mass is 9.87. The lowest BCUT2D eigenvalue weighted by molar-refractivity contribution is 0.642. The molecule has 0 aromatic carbocycles. The molecule has 13 heavy (non-hydrogen) atoms.